The number of alkyl halides is 3. The molecule has 0 bridgehead atoms. The molecule has 1 fully saturated rings. The van der Waals surface area contributed by atoms with Gasteiger partial charge in [-0.1, -0.05) is 12.1 Å². The van der Waals surface area contributed by atoms with Gasteiger partial charge < -0.3 is 19.5 Å². The Labute approximate surface area is 212 Å². The molecule has 0 amide bonds. The summed E-state index contributed by atoms with van der Waals surface area (Å²) in [6.45, 7) is 10.9. The molecular formula is C24H31F4N7O2. The number of hydrogen-bond acceptors (Lipinski definition) is 8. The van der Waals surface area contributed by atoms with E-state index in [2.05, 4.69) is 32.5 Å². The maximum atomic E-state index is 14.3. The molecule has 0 radical (unpaired) electrons. The third kappa shape index (κ3) is 5.96. The van der Waals surface area contributed by atoms with Crippen LogP contribution in [-0.2, 0) is 6.18 Å². The first-order chi connectivity index (χ1) is 17.5. The zero-order chi connectivity index (χ0) is 26.9. The fourth-order valence-corrected chi connectivity index (χ4v) is 4.59. The molecule has 1 N–H and O–H groups in total. The van der Waals surface area contributed by atoms with E-state index in [-0.39, 0.29) is 30.0 Å². The number of halogens is 4. The number of nitrogens with one attached hydrogen (secondary N) is 1. The highest BCUT2D eigenvalue weighted by atomic mass is 19.4. The fourth-order valence-electron chi connectivity index (χ4n) is 4.59. The van der Waals surface area contributed by atoms with Crippen molar-refractivity contribution in [1.29, 1.82) is 0 Å². The van der Waals surface area contributed by atoms with E-state index in [0.29, 0.717) is 43.0 Å². The Balaban J connectivity index is 1.55. The van der Waals surface area contributed by atoms with Crippen molar-refractivity contribution in [1.82, 2.24) is 24.9 Å². The summed E-state index contributed by atoms with van der Waals surface area (Å²) < 4.78 is 66.0. The SMILES string of the molecule is CCN(C[C@@H]1CC[C@H](C)[C@H]1Nc1nc(Oc2cc(C(F)(F)F)ccc2F)n(C(C)C)n1)c1nc(C)no1. The zero-order valence-corrected chi connectivity index (χ0v) is 21.4. The number of aryl methyl sites for hydroxylation is 1. The molecule has 1 aliphatic rings. The van der Waals surface area contributed by atoms with Crippen LogP contribution in [0.2, 0.25) is 0 Å². The monoisotopic (exact) mass is 525 g/mol. The molecule has 1 aliphatic carbocycles. The van der Waals surface area contributed by atoms with E-state index in [0.717, 1.165) is 18.9 Å². The predicted octanol–water partition coefficient (Wildman–Crippen LogP) is 5.85. The van der Waals surface area contributed by atoms with Crippen LogP contribution < -0.4 is 15.0 Å². The normalized spacial score (nSPS) is 20.0. The minimum absolute atomic E-state index is 0.0132. The van der Waals surface area contributed by atoms with E-state index in [4.69, 9.17) is 9.26 Å². The van der Waals surface area contributed by atoms with Crippen LogP contribution in [0.15, 0.2) is 22.7 Å². The molecular weight excluding hydrogens is 494 g/mol. The summed E-state index contributed by atoms with van der Waals surface area (Å²) in [6, 6.07) is 2.16. The van der Waals surface area contributed by atoms with Crippen LogP contribution in [0.4, 0.5) is 29.5 Å². The molecule has 9 nitrogen and oxygen atoms in total. The Morgan fingerprint density at radius 2 is 2.00 bits per heavy atom. The summed E-state index contributed by atoms with van der Waals surface area (Å²) in [7, 11) is 0. The van der Waals surface area contributed by atoms with Crippen LogP contribution in [0, 0.1) is 24.6 Å². The molecule has 2 heterocycles. The second-order valence-electron chi connectivity index (χ2n) is 9.65. The molecule has 4 rings (SSSR count). The van der Waals surface area contributed by atoms with Gasteiger partial charge in [-0.3, -0.25) is 0 Å². The lowest BCUT2D eigenvalue weighted by molar-refractivity contribution is -0.137. The first-order valence-corrected chi connectivity index (χ1v) is 12.3. The van der Waals surface area contributed by atoms with Crippen molar-refractivity contribution >= 4 is 12.0 Å². The molecule has 1 saturated carbocycles. The van der Waals surface area contributed by atoms with Gasteiger partial charge in [-0.05, 0) is 70.6 Å². The van der Waals surface area contributed by atoms with Crippen molar-refractivity contribution in [2.45, 2.75) is 65.7 Å². The molecule has 13 heteroatoms. The van der Waals surface area contributed by atoms with Gasteiger partial charge in [0.05, 0.1) is 11.6 Å². The van der Waals surface area contributed by atoms with Crippen molar-refractivity contribution < 1.29 is 26.8 Å². The second-order valence-corrected chi connectivity index (χ2v) is 9.65. The van der Waals surface area contributed by atoms with Gasteiger partial charge in [-0.15, -0.1) is 5.10 Å². The molecule has 202 valence electrons. The Morgan fingerprint density at radius 1 is 1.24 bits per heavy atom. The molecule has 0 unspecified atom stereocenters. The van der Waals surface area contributed by atoms with Crippen LogP contribution in [0.3, 0.4) is 0 Å². The van der Waals surface area contributed by atoms with Gasteiger partial charge in [0.2, 0.25) is 5.95 Å². The van der Waals surface area contributed by atoms with Crippen LogP contribution >= 0.6 is 0 Å². The van der Waals surface area contributed by atoms with Gasteiger partial charge in [-0.25, -0.2) is 9.07 Å². The predicted molar refractivity (Wildman–Crippen MR) is 128 cm³/mol. The third-order valence-electron chi connectivity index (χ3n) is 6.58. The Bertz CT molecular complexity index is 1210. The van der Waals surface area contributed by atoms with E-state index < -0.39 is 23.3 Å². The largest absolute Gasteiger partial charge is 0.421 e. The first-order valence-electron chi connectivity index (χ1n) is 12.3. The van der Waals surface area contributed by atoms with Crippen molar-refractivity contribution in [3.8, 4) is 11.8 Å². The van der Waals surface area contributed by atoms with Crippen molar-refractivity contribution in [3.05, 3.63) is 35.4 Å². The Morgan fingerprint density at radius 3 is 2.62 bits per heavy atom. The molecule has 0 aliphatic heterocycles. The standard InChI is InChI=1S/C24H31F4N7O2/c1-6-34(22-29-15(5)33-37-22)12-16-8-7-14(4)20(16)30-21-31-23(35(32-21)13(2)3)36-19-11-17(24(26,27)28)9-10-18(19)25/h9-11,13-14,16,20H,6-8,12H2,1-5H3,(H,30,32)/t14-,16-,20+/m0/s1. The minimum atomic E-state index is -4.63. The van der Waals surface area contributed by atoms with Crippen molar-refractivity contribution in [3.63, 3.8) is 0 Å². The van der Waals surface area contributed by atoms with Crippen LogP contribution in [0.25, 0.3) is 0 Å². The van der Waals surface area contributed by atoms with Crippen LogP contribution in [0.5, 0.6) is 11.8 Å². The van der Waals surface area contributed by atoms with Gasteiger partial charge in [0.1, 0.15) is 0 Å². The van der Waals surface area contributed by atoms with Crippen LogP contribution in [-0.4, -0.2) is 44.0 Å². The van der Waals surface area contributed by atoms with Crippen molar-refractivity contribution in [2.24, 2.45) is 11.8 Å². The van der Waals surface area contributed by atoms with Gasteiger partial charge in [0, 0.05) is 19.1 Å². The molecule has 2 aromatic heterocycles. The molecule has 3 aromatic rings. The molecule has 1 aromatic carbocycles. The van der Waals surface area contributed by atoms with Gasteiger partial charge in [0.25, 0.3) is 0 Å². The van der Waals surface area contributed by atoms with Gasteiger partial charge >= 0.3 is 18.2 Å². The quantitative estimate of drug-likeness (QED) is 0.348. The van der Waals surface area contributed by atoms with Crippen LogP contribution in [0.1, 0.15) is 58.0 Å². The molecule has 3 atom stereocenters. The number of anilines is 2. The van der Waals surface area contributed by atoms with Gasteiger partial charge in [-0.2, -0.15) is 23.1 Å². The summed E-state index contributed by atoms with van der Waals surface area (Å²) in [6.07, 6.45) is -2.68. The fraction of sp³-hybridized carbons (Fsp3) is 0.583. The smallest absolute Gasteiger partial charge is 0.416 e. The second kappa shape index (κ2) is 10.5. The average Bonchev–Trinajstić information content (AvgIpc) is 3.53. The summed E-state index contributed by atoms with van der Waals surface area (Å²) >= 11 is 0. The minimum Gasteiger partial charge on any atom is -0.421 e. The summed E-state index contributed by atoms with van der Waals surface area (Å²) in [4.78, 5) is 10.7. The zero-order valence-electron chi connectivity index (χ0n) is 21.4. The third-order valence-corrected chi connectivity index (χ3v) is 6.58. The van der Waals surface area contributed by atoms with E-state index in [9.17, 15) is 17.6 Å². The van der Waals surface area contributed by atoms with E-state index in [1.165, 1.54) is 4.68 Å². The van der Waals surface area contributed by atoms with Crippen molar-refractivity contribution in [2.75, 3.05) is 23.3 Å². The number of aromatic nitrogens is 5. The summed E-state index contributed by atoms with van der Waals surface area (Å²) in [5.74, 6) is -0.145. The highest BCUT2D eigenvalue weighted by Crippen LogP contribution is 2.36. The Hall–Kier alpha value is -3.38. The number of ether oxygens (including phenoxy) is 1. The summed E-state index contributed by atoms with van der Waals surface area (Å²) in [5.41, 5.74) is -1.02. The highest BCUT2D eigenvalue weighted by Gasteiger charge is 2.36. The highest BCUT2D eigenvalue weighted by molar-refractivity contribution is 5.36. The lowest BCUT2D eigenvalue weighted by Gasteiger charge is -2.28. The number of nitrogens with zero attached hydrogens (tertiary/aromatic N) is 6. The molecule has 0 saturated heterocycles. The van der Waals surface area contributed by atoms with E-state index in [1.54, 1.807) is 6.92 Å². The number of benzene rings is 1. The maximum Gasteiger partial charge on any atom is 0.416 e. The Kier molecular flexibility index (Phi) is 7.60. The van der Waals surface area contributed by atoms with Gasteiger partial charge in [0.15, 0.2) is 17.4 Å². The topological polar surface area (TPSA) is 94.1 Å². The van der Waals surface area contributed by atoms with E-state index in [1.807, 2.05) is 25.7 Å². The maximum absolute atomic E-state index is 14.3. The van der Waals surface area contributed by atoms with E-state index >= 15 is 0 Å². The average molecular weight is 526 g/mol. The molecule has 37 heavy (non-hydrogen) atoms. The first kappa shape index (κ1) is 26.7. The summed E-state index contributed by atoms with van der Waals surface area (Å²) in [5, 5.41) is 11.7. The molecule has 0 spiro atoms. The number of hydrogen-bond donors (Lipinski definition) is 1. The lowest BCUT2D eigenvalue weighted by atomic mass is 9.98. The lowest BCUT2D eigenvalue weighted by Crippen LogP contribution is -2.38. The number of rotatable bonds is 9.